The number of rotatable bonds is 4. The predicted molar refractivity (Wildman–Crippen MR) is 70.8 cm³/mol. The van der Waals surface area contributed by atoms with E-state index in [4.69, 9.17) is 23.2 Å². The molecule has 0 spiro atoms. The number of aromatic nitrogens is 4. The summed E-state index contributed by atoms with van der Waals surface area (Å²) < 4.78 is 1.34. The SMILES string of the molecule is CC(NC(=O)Cn1cnnn1)c1ccc(Cl)c(Cl)c1. The Morgan fingerprint density at radius 3 is 2.84 bits per heavy atom. The zero-order valence-corrected chi connectivity index (χ0v) is 11.6. The van der Waals surface area contributed by atoms with Crippen LogP contribution in [0.3, 0.4) is 0 Å². The average Bonchev–Trinajstić information content (AvgIpc) is 2.85. The van der Waals surface area contributed by atoms with Gasteiger partial charge in [0.15, 0.2) is 0 Å². The van der Waals surface area contributed by atoms with E-state index in [1.54, 1.807) is 12.1 Å². The Labute approximate surface area is 119 Å². The summed E-state index contributed by atoms with van der Waals surface area (Å²) in [5.74, 6) is -0.189. The highest BCUT2D eigenvalue weighted by atomic mass is 35.5. The first-order chi connectivity index (χ1) is 9.06. The third kappa shape index (κ3) is 3.65. The van der Waals surface area contributed by atoms with E-state index in [-0.39, 0.29) is 18.5 Å². The van der Waals surface area contributed by atoms with Crippen molar-refractivity contribution in [3.8, 4) is 0 Å². The van der Waals surface area contributed by atoms with Gasteiger partial charge in [0.2, 0.25) is 5.91 Å². The van der Waals surface area contributed by atoms with Gasteiger partial charge in [-0.25, -0.2) is 4.68 Å². The van der Waals surface area contributed by atoms with Crippen molar-refractivity contribution in [2.45, 2.75) is 19.5 Å². The number of hydrogen-bond donors (Lipinski definition) is 1. The first-order valence-electron chi connectivity index (χ1n) is 5.51. The normalized spacial score (nSPS) is 12.2. The Morgan fingerprint density at radius 2 is 2.21 bits per heavy atom. The molecule has 0 aliphatic heterocycles. The van der Waals surface area contributed by atoms with E-state index in [0.717, 1.165) is 5.56 Å². The van der Waals surface area contributed by atoms with Gasteiger partial charge >= 0.3 is 0 Å². The van der Waals surface area contributed by atoms with Crippen LogP contribution in [0.15, 0.2) is 24.5 Å². The summed E-state index contributed by atoms with van der Waals surface area (Å²) in [7, 11) is 0. The second kappa shape index (κ2) is 5.99. The zero-order valence-electron chi connectivity index (χ0n) is 10.0. The fourth-order valence-electron chi connectivity index (χ4n) is 1.55. The number of halogens is 2. The maximum Gasteiger partial charge on any atom is 0.242 e. The Balaban J connectivity index is 1.98. The number of carbonyl (C=O) groups excluding carboxylic acids is 1. The van der Waals surface area contributed by atoms with E-state index >= 15 is 0 Å². The number of nitrogens with one attached hydrogen (secondary N) is 1. The minimum atomic E-state index is -0.189. The van der Waals surface area contributed by atoms with Gasteiger partial charge in [-0.2, -0.15) is 0 Å². The molecular weight excluding hydrogens is 289 g/mol. The lowest BCUT2D eigenvalue weighted by Gasteiger charge is -2.14. The number of carbonyl (C=O) groups is 1. The number of hydrogen-bond acceptors (Lipinski definition) is 4. The van der Waals surface area contributed by atoms with Gasteiger partial charge in [-0.05, 0) is 35.0 Å². The monoisotopic (exact) mass is 299 g/mol. The average molecular weight is 300 g/mol. The van der Waals surface area contributed by atoms with Crippen molar-refractivity contribution in [2.24, 2.45) is 0 Å². The number of amides is 1. The minimum absolute atomic E-state index is 0.0681. The predicted octanol–water partition coefficient (Wildman–Crippen LogP) is 1.86. The molecule has 0 bridgehead atoms. The summed E-state index contributed by atoms with van der Waals surface area (Å²) in [4.78, 5) is 11.8. The number of tetrazole rings is 1. The highest BCUT2D eigenvalue weighted by Gasteiger charge is 2.11. The molecule has 1 amide bonds. The van der Waals surface area contributed by atoms with Crippen LogP contribution in [0, 0.1) is 0 Å². The fraction of sp³-hybridized carbons (Fsp3) is 0.273. The molecule has 0 aliphatic rings. The standard InChI is InChI=1S/C11H11Cl2N5O/c1-7(8-2-3-9(12)10(13)4-8)15-11(19)5-18-6-14-16-17-18/h2-4,6-7H,5H2,1H3,(H,15,19). The second-order valence-electron chi connectivity index (χ2n) is 3.97. The molecule has 1 heterocycles. The molecule has 1 aromatic heterocycles. The summed E-state index contributed by atoms with van der Waals surface area (Å²) in [6.45, 7) is 1.93. The molecule has 100 valence electrons. The third-order valence-electron chi connectivity index (χ3n) is 2.52. The van der Waals surface area contributed by atoms with Gasteiger partial charge < -0.3 is 5.32 Å². The van der Waals surface area contributed by atoms with E-state index in [2.05, 4.69) is 20.8 Å². The molecule has 0 aliphatic carbocycles. The van der Waals surface area contributed by atoms with Crippen LogP contribution in [0.5, 0.6) is 0 Å². The topological polar surface area (TPSA) is 72.7 Å². The summed E-state index contributed by atoms with van der Waals surface area (Å²) in [6, 6.07) is 5.06. The molecule has 0 fully saturated rings. The van der Waals surface area contributed by atoms with Gasteiger partial charge in [0.05, 0.1) is 16.1 Å². The van der Waals surface area contributed by atoms with Crippen molar-refractivity contribution >= 4 is 29.1 Å². The first-order valence-corrected chi connectivity index (χ1v) is 6.27. The van der Waals surface area contributed by atoms with E-state index in [1.165, 1.54) is 11.0 Å². The molecule has 1 atom stereocenters. The number of nitrogens with zero attached hydrogens (tertiary/aromatic N) is 4. The van der Waals surface area contributed by atoms with Crippen LogP contribution in [-0.2, 0) is 11.3 Å². The molecule has 0 radical (unpaired) electrons. The zero-order chi connectivity index (χ0) is 13.8. The van der Waals surface area contributed by atoms with Gasteiger partial charge in [-0.15, -0.1) is 5.10 Å². The van der Waals surface area contributed by atoms with Crippen molar-refractivity contribution in [1.29, 1.82) is 0 Å². The van der Waals surface area contributed by atoms with Gasteiger partial charge in [0.25, 0.3) is 0 Å². The van der Waals surface area contributed by atoms with Crippen molar-refractivity contribution in [3.05, 3.63) is 40.1 Å². The van der Waals surface area contributed by atoms with Gasteiger partial charge in [-0.1, -0.05) is 29.3 Å². The van der Waals surface area contributed by atoms with Crippen molar-refractivity contribution in [1.82, 2.24) is 25.5 Å². The van der Waals surface area contributed by atoms with Crippen LogP contribution in [0.1, 0.15) is 18.5 Å². The molecule has 2 aromatic rings. The molecule has 1 N–H and O–H groups in total. The quantitative estimate of drug-likeness (QED) is 0.935. The highest BCUT2D eigenvalue weighted by Crippen LogP contribution is 2.25. The van der Waals surface area contributed by atoms with E-state index < -0.39 is 0 Å². The summed E-state index contributed by atoms with van der Waals surface area (Å²) >= 11 is 11.8. The molecule has 6 nitrogen and oxygen atoms in total. The van der Waals surface area contributed by atoms with Gasteiger partial charge in [0.1, 0.15) is 12.9 Å². The summed E-state index contributed by atoms with van der Waals surface area (Å²) in [6.07, 6.45) is 1.38. The van der Waals surface area contributed by atoms with Crippen LogP contribution in [0.4, 0.5) is 0 Å². The van der Waals surface area contributed by atoms with Gasteiger partial charge in [-0.3, -0.25) is 4.79 Å². The largest absolute Gasteiger partial charge is 0.348 e. The van der Waals surface area contributed by atoms with Gasteiger partial charge in [0, 0.05) is 0 Å². The lowest BCUT2D eigenvalue weighted by Crippen LogP contribution is -2.30. The molecule has 0 saturated carbocycles. The maximum atomic E-state index is 11.8. The highest BCUT2D eigenvalue weighted by molar-refractivity contribution is 6.42. The molecule has 1 unspecified atom stereocenters. The van der Waals surface area contributed by atoms with Crippen LogP contribution >= 0.6 is 23.2 Å². The number of benzene rings is 1. The van der Waals surface area contributed by atoms with Crippen LogP contribution in [0.2, 0.25) is 10.0 Å². The van der Waals surface area contributed by atoms with E-state index in [0.29, 0.717) is 10.0 Å². The Morgan fingerprint density at radius 1 is 1.42 bits per heavy atom. The lowest BCUT2D eigenvalue weighted by molar-refractivity contribution is -0.122. The molecular formula is C11H11Cl2N5O. The Hall–Kier alpha value is -1.66. The molecule has 8 heteroatoms. The summed E-state index contributed by atoms with van der Waals surface area (Å²) in [5, 5.41) is 14.3. The molecule has 2 rings (SSSR count). The smallest absolute Gasteiger partial charge is 0.242 e. The fourth-order valence-corrected chi connectivity index (χ4v) is 1.86. The molecule has 0 saturated heterocycles. The van der Waals surface area contributed by atoms with Crippen molar-refractivity contribution < 1.29 is 4.79 Å². The Kier molecular flexibility index (Phi) is 4.34. The van der Waals surface area contributed by atoms with Crippen LogP contribution < -0.4 is 5.32 Å². The molecule has 1 aromatic carbocycles. The first kappa shape index (κ1) is 13.8. The van der Waals surface area contributed by atoms with E-state index in [9.17, 15) is 4.79 Å². The van der Waals surface area contributed by atoms with Crippen LogP contribution in [0.25, 0.3) is 0 Å². The molecule has 19 heavy (non-hydrogen) atoms. The van der Waals surface area contributed by atoms with Crippen molar-refractivity contribution in [2.75, 3.05) is 0 Å². The third-order valence-corrected chi connectivity index (χ3v) is 3.26. The maximum absolute atomic E-state index is 11.8. The second-order valence-corrected chi connectivity index (χ2v) is 4.78. The minimum Gasteiger partial charge on any atom is -0.348 e. The lowest BCUT2D eigenvalue weighted by atomic mass is 10.1. The van der Waals surface area contributed by atoms with E-state index in [1.807, 2.05) is 13.0 Å². The van der Waals surface area contributed by atoms with Crippen LogP contribution in [-0.4, -0.2) is 26.1 Å². The summed E-state index contributed by atoms with van der Waals surface area (Å²) in [5.41, 5.74) is 0.875. The van der Waals surface area contributed by atoms with Crippen molar-refractivity contribution in [3.63, 3.8) is 0 Å². The Bertz CT molecular complexity index is 572.